The number of carbonyl (C=O) groups excluding carboxylic acids is 1. The van der Waals surface area contributed by atoms with Crippen LogP contribution < -0.4 is 5.32 Å². The van der Waals surface area contributed by atoms with Gasteiger partial charge in [-0.15, -0.1) is 0 Å². The van der Waals surface area contributed by atoms with Gasteiger partial charge in [0, 0.05) is 6.92 Å². The normalized spacial score (nSPS) is 43.7. The quantitative estimate of drug-likeness (QED) is 0.178. The lowest BCUT2D eigenvalue weighted by atomic mass is 9.96. The molecular formula is C14H25NO13S. The molecule has 10 atom stereocenters. The summed E-state index contributed by atoms with van der Waals surface area (Å²) in [7, 11) is -5.02. The van der Waals surface area contributed by atoms with Gasteiger partial charge >= 0.3 is 0 Å². The van der Waals surface area contributed by atoms with Gasteiger partial charge in [0.25, 0.3) is 10.1 Å². The molecule has 15 heteroatoms. The highest BCUT2D eigenvalue weighted by Crippen LogP contribution is 2.30. The predicted molar refractivity (Wildman–Crippen MR) is 89.5 cm³/mol. The average Bonchev–Trinajstić information content (AvgIpc) is 2.61. The Hall–Kier alpha value is -0.980. The summed E-state index contributed by atoms with van der Waals surface area (Å²) in [5.74, 6) is -0.637. The van der Waals surface area contributed by atoms with Gasteiger partial charge in [-0.1, -0.05) is 0 Å². The van der Waals surface area contributed by atoms with Crippen LogP contribution in [0, 0.1) is 0 Å². The number of rotatable bonds is 6. The first-order valence-electron chi connectivity index (χ1n) is 8.56. The third kappa shape index (κ3) is 5.20. The van der Waals surface area contributed by atoms with Crippen molar-refractivity contribution in [2.24, 2.45) is 0 Å². The van der Waals surface area contributed by atoms with Crippen LogP contribution in [0.4, 0.5) is 0 Å². The summed E-state index contributed by atoms with van der Waals surface area (Å²) in [6.45, 7) is -0.590. The van der Waals surface area contributed by atoms with Crippen molar-refractivity contribution in [2.45, 2.75) is 67.4 Å². The van der Waals surface area contributed by atoms with Crippen molar-refractivity contribution in [1.82, 2.24) is 5.32 Å². The van der Waals surface area contributed by atoms with Crippen LogP contribution in [-0.2, 0) is 29.1 Å². The van der Waals surface area contributed by atoms with Crippen molar-refractivity contribution in [3.05, 3.63) is 0 Å². The van der Waals surface area contributed by atoms with Crippen LogP contribution in [0.3, 0.4) is 0 Å². The van der Waals surface area contributed by atoms with Crippen LogP contribution in [0.5, 0.6) is 0 Å². The Bertz CT molecular complexity index is 674. The van der Waals surface area contributed by atoms with E-state index >= 15 is 0 Å². The number of aliphatic hydroxyl groups is 6. The van der Waals surface area contributed by atoms with Crippen molar-refractivity contribution < 1.29 is 62.6 Å². The summed E-state index contributed by atoms with van der Waals surface area (Å²) in [5.41, 5.74) is 0. The molecule has 8 N–H and O–H groups in total. The Morgan fingerprint density at radius 2 is 1.59 bits per heavy atom. The summed E-state index contributed by atoms with van der Waals surface area (Å²) in [5, 5.41) is 59.3. The minimum atomic E-state index is -5.02. The second kappa shape index (κ2) is 9.44. The molecular weight excluding hydrogens is 422 g/mol. The largest absolute Gasteiger partial charge is 0.394 e. The molecule has 0 saturated carbocycles. The SMILES string of the molecule is CC(=O)N[C@@H]1[C@@H](O)[C@H](O[C@@H]2O[C@H](CO)[C@H](O)[C@H](S(=O)(=O)O)[C@H]2O)[C@@H](CO)O[C@H]1O. The second-order valence-corrected chi connectivity index (χ2v) is 8.33. The maximum atomic E-state index is 11.6. The van der Waals surface area contributed by atoms with Gasteiger partial charge in [-0.05, 0) is 0 Å². The van der Waals surface area contributed by atoms with E-state index in [-0.39, 0.29) is 0 Å². The molecule has 0 spiro atoms. The summed E-state index contributed by atoms with van der Waals surface area (Å²) < 4.78 is 48.0. The van der Waals surface area contributed by atoms with E-state index in [0.717, 1.165) is 6.92 Å². The zero-order chi connectivity index (χ0) is 22.1. The smallest absolute Gasteiger partial charge is 0.273 e. The van der Waals surface area contributed by atoms with E-state index in [4.69, 9.17) is 14.2 Å². The molecule has 0 bridgehead atoms. The van der Waals surface area contributed by atoms with E-state index in [0.29, 0.717) is 0 Å². The first-order valence-corrected chi connectivity index (χ1v) is 10.1. The molecule has 2 rings (SSSR count). The molecule has 2 aliphatic rings. The zero-order valence-electron chi connectivity index (χ0n) is 15.2. The Kier molecular flexibility index (Phi) is 7.91. The topological polar surface area (TPSA) is 233 Å². The van der Waals surface area contributed by atoms with Crippen molar-refractivity contribution in [2.75, 3.05) is 13.2 Å². The van der Waals surface area contributed by atoms with Crippen LogP contribution in [0.1, 0.15) is 6.92 Å². The van der Waals surface area contributed by atoms with E-state index in [1.807, 2.05) is 0 Å². The molecule has 29 heavy (non-hydrogen) atoms. The van der Waals surface area contributed by atoms with Crippen LogP contribution in [0.2, 0.25) is 0 Å². The number of carbonyl (C=O) groups is 1. The van der Waals surface area contributed by atoms with Crippen LogP contribution in [0.15, 0.2) is 0 Å². The first-order chi connectivity index (χ1) is 13.4. The fourth-order valence-corrected chi connectivity index (χ4v) is 4.32. The fraction of sp³-hybridized carbons (Fsp3) is 0.929. The van der Waals surface area contributed by atoms with E-state index in [1.54, 1.807) is 0 Å². The van der Waals surface area contributed by atoms with E-state index in [2.05, 4.69) is 5.32 Å². The fourth-order valence-electron chi connectivity index (χ4n) is 3.31. The lowest BCUT2D eigenvalue weighted by Crippen LogP contribution is -2.67. The van der Waals surface area contributed by atoms with Gasteiger partial charge in [0.05, 0.1) is 13.2 Å². The molecule has 0 aromatic carbocycles. The highest BCUT2D eigenvalue weighted by Gasteiger charge is 2.54. The van der Waals surface area contributed by atoms with E-state index in [9.17, 15) is 48.4 Å². The molecule has 2 heterocycles. The third-order valence-corrected chi connectivity index (χ3v) is 5.94. The Morgan fingerprint density at radius 1 is 1.00 bits per heavy atom. The number of ether oxygens (including phenoxy) is 3. The van der Waals surface area contributed by atoms with Crippen molar-refractivity contribution in [1.29, 1.82) is 0 Å². The van der Waals surface area contributed by atoms with Gasteiger partial charge < -0.3 is 50.2 Å². The first kappa shape index (κ1) is 24.3. The van der Waals surface area contributed by atoms with Gasteiger partial charge in [-0.2, -0.15) is 8.42 Å². The number of aliphatic hydroxyl groups excluding tert-OH is 6. The van der Waals surface area contributed by atoms with Crippen LogP contribution >= 0.6 is 0 Å². The Morgan fingerprint density at radius 3 is 2.07 bits per heavy atom. The average molecular weight is 447 g/mol. The molecule has 0 unspecified atom stereocenters. The molecule has 1 amide bonds. The molecule has 0 aromatic rings. The standard InChI is InChI=1S/C14H25NO13S/c1-4(18)15-7-9(20)11(6(3-17)26-13(7)22)28-14-10(21)12(29(23,24)25)8(19)5(2-16)27-14/h5-14,16-17,19-22H,2-3H2,1H3,(H,15,18)(H,23,24,25)/t5-,6-,7-,8+,9-,10-,11-,12+,13-,14+/m1/s1. The summed E-state index contributed by atoms with van der Waals surface area (Å²) in [4.78, 5) is 11.3. The van der Waals surface area contributed by atoms with Crippen molar-refractivity contribution in [3.63, 3.8) is 0 Å². The minimum Gasteiger partial charge on any atom is -0.394 e. The monoisotopic (exact) mass is 447 g/mol. The van der Waals surface area contributed by atoms with E-state index in [1.165, 1.54) is 0 Å². The molecule has 2 saturated heterocycles. The number of hydrogen-bond donors (Lipinski definition) is 8. The number of hydrogen-bond acceptors (Lipinski definition) is 12. The van der Waals surface area contributed by atoms with E-state index < -0.39 is 89.7 Å². The molecule has 0 aliphatic carbocycles. The highest BCUT2D eigenvalue weighted by molar-refractivity contribution is 7.86. The maximum Gasteiger partial charge on any atom is 0.273 e. The van der Waals surface area contributed by atoms with Crippen molar-refractivity contribution >= 4 is 16.0 Å². The third-order valence-electron chi connectivity index (χ3n) is 4.70. The molecule has 0 radical (unpaired) electrons. The molecule has 0 aromatic heterocycles. The van der Waals surface area contributed by atoms with Gasteiger partial charge in [0.15, 0.2) is 12.6 Å². The lowest BCUT2D eigenvalue weighted by Gasteiger charge is -2.46. The predicted octanol–water partition coefficient (Wildman–Crippen LogP) is -5.36. The second-order valence-electron chi connectivity index (χ2n) is 6.75. The Balaban J connectivity index is 2.28. The zero-order valence-corrected chi connectivity index (χ0v) is 16.0. The summed E-state index contributed by atoms with van der Waals surface area (Å²) in [6.07, 6.45) is -14.0. The van der Waals surface area contributed by atoms with Gasteiger partial charge in [-0.3, -0.25) is 9.35 Å². The van der Waals surface area contributed by atoms with Crippen molar-refractivity contribution in [3.8, 4) is 0 Å². The molecule has 2 aliphatic heterocycles. The minimum absolute atomic E-state index is 0.637. The lowest BCUT2D eigenvalue weighted by molar-refractivity contribution is -0.329. The molecule has 2 fully saturated rings. The molecule has 170 valence electrons. The maximum absolute atomic E-state index is 11.6. The summed E-state index contributed by atoms with van der Waals surface area (Å²) in [6, 6.07) is -1.40. The van der Waals surface area contributed by atoms with Gasteiger partial charge in [0.2, 0.25) is 5.91 Å². The highest BCUT2D eigenvalue weighted by atomic mass is 32.2. The van der Waals surface area contributed by atoms with Crippen LogP contribution in [0.25, 0.3) is 0 Å². The van der Waals surface area contributed by atoms with Gasteiger partial charge in [-0.25, -0.2) is 0 Å². The number of amides is 1. The van der Waals surface area contributed by atoms with Crippen LogP contribution in [-0.4, -0.2) is 123 Å². The summed E-state index contributed by atoms with van der Waals surface area (Å²) >= 11 is 0. The molecule has 14 nitrogen and oxygen atoms in total. The van der Waals surface area contributed by atoms with Gasteiger partial charge in [0.1, 0.15) is 47.9 Å². The Labute approximate surface area is 165 Å². The number of nitrogens with one attached hydrogen (secondary N) is 1.